The first-order chi connectivity index (χ1) is 18.1. The van der Waals surface area contributed by atoms with E-state index >= 15 is 0 Å². The quantitative estimate of drug-likeness (QED) is 0.255. The minimum atomic E-state index is -0.278. The predicted octanol–water partition coefficient (Wildman–Crippen LogP) is 4.12. The summed E-state index contributed by atoms with van der Waals surface area (Å²) in [5, 5.41) is 10.3. The van der Waals surface area contributed by atoms with Crippen LogP contribution in [0.4, 0.5) is 0 Å². The minimum absolute atomic E-state index is 0.182. The molecule has 2 N–H and O–H groups in total. The van der Waals surface area contributed by atoms with Gasteiger partial charge in [-0.1, -0.05) is 36.4 Å². The van der Waals surface area contributed by atoms with Gasteiger partial charge >= 0.3 is 0 Å². The van der Waals surface area contributed by atoms with Gasteiger partial charge in [0, 0.05) is 42.1 Å². The fourth-order valence-corrected chi connectivity index (χ4v) is 3.71. The maximum atomic E-state index is 12.5. The average molecular weight is 497 g/mol. The Morgan fingerprint density at radius 3 is 2.24 bits per heavy atom. The number of para-hydroxylation sites is 1. The van der Waals surface area contributed by atoms with Gasteiger partial charge in [-0.3, -0.25) is 9.59 Å². The molecule has 4 rings (SSSR count). The van der Waals surface area contributed by atoms with Crippen LogP contribution in [-0.2, 0) is 4.79 Å². The van der Waals surface area contributed by atoms with Crippen molar-refractivity contribution in [3.05, 3.63) is 102 Å². The van der Waals surface area contributed by atoms with Gasteiger partial charge in [-0.05, 0) is 48.5 Å². The van der Waals surface area contributed by atoms with Crippen molar-refractivity contribution in [1.82, 2.24) is 20.4 Å². The summed E-state index contributed by atoms with van der Waals surface area (Å²) in [6.07, 6.45) is 5.04. The number of rotatable bonds is 10. The Kier molecular flexibility index (Phi) is 8.33. The number of amides is 2. The molecule has 8 nitrogen and oxygen atoms in total. The number of methoxy groups -OCH3 is 2. The van der Waals surface area contributed by atoms with Gasteiger partial charge in [-0.25, -0.2) is 4.68 Å². The lowest BCUT2D eigenvalue weighted by molar-refractivity contribution is -0.116. The minimum Gasteiger partial charge on any atom is -0.493 e. The molecule has 0 aliphatic rings. The highest BCUT2D eigenvalue weighted by Gasteiger charge is 2.14. The topological polar surface area (TPSA) is 94.5 Å². The average Bonchev–Trinajstić information content (AvgIpc) is 3.39. The lowest BCUT2D eigenvalue weighted by Crippen LogP contribution is -2.33. The zero-order valence-corrected chi connectivity index (χ0v) is 20.7. The van der Waals surface area contributed by atoms with E-state index in [1.165, 1.54) is 6.08 Å². The third kappa shape index (κ3) is 6.43. The maximum Gasteiger partial charge on any atom is 0.251 e. The summed E-state index contributed by atoms with van der Waals surface area (Å²) in [4.78, 5) is 24.6. The SMILES string of the molecule is COc1ccc(-c2nn(-c3ccccc3)cc2/C=C/C(=O)NCCNC(=O)c2ccccc2)cc1OC. The highest BCUT2D eigenvalue weighted by Crippen LogP contribution is 2.33. The smallest absolute Gasteiger partial charge is 0.251 e. The maximum absolute atomic E-state index is 12.5. The number of hydrogen-bond donors (Lipinski definition) is 2. The Bertz CT molecular complexity index is 1380. The first-order valence-corrected chi connectivity index (χ1v) is 11.8. The van der Waals surface area contributed by atoms with Crippen LogP contribution in [0.5, 0.6) is 11.5 Å². The van der Waals surface area contributed by atoms with Crippen molar-refractivity contribution in [2.75, 3.05) is 27.3 Å². The molecule has 0 aliphatic carbocycles. The van der Waals surface area contributed by atoms with Crippen molar-refractivity contribution < 1.29 is 19.1 Å². The third-order valence-corrected chi connectivity index (χ3v) is 5.58. The van der Waals surface area contributed by atoms with Crippen LogP contribution in [0.1, 0.15) is 15.9 Å². The summed E-state index contributed by atoms with van der Waals surface area (Å²) in [7, 11) is 3.17. The van der Waals surface area contributed by atoms with E-state index in [9.17, 15) is 9.59 Å². The van der Waals surface area contributed by atoms with Crippen molar-refractivity contribution in [2.45, 2.75) is 0 Å². The van der Waals surface area contributed by atoms with Gasteiger partial charge in [0.25, 0.3) is 5.91 Å². The molecule has 8 heteroatoms. The van der Waals surface area contributed by atoms with E-state index in [1.807, 2.05) is 60.8 Å². The van der Waals surface area contributed by atoms with Gasteiger partial charge in [0.15, 0.2) is 11.5 Å². The van der Waals surface area contributed by atoms with Gasteiger partial charge < -0.3 is 20.1 Å². The second-order valence-electron chi connectivity index (χ2n) is 8.03. The van der Waals surface area contributed by atoms with E-state index in [1.54, 1.807) is 49.2 Å². The van der Waals surface area contributed by atoms with E-state index in [0.717, 1.165) is 16.8 Å². The Balaban J connectivity index is 1.47. The number of carbonyl (C=O) groups excluding carboxylic acids is 2. The standard InChI is InChI=1S/C29H28N4O4/c1-36-25-15-13-22(19-26(25)37-2)28-23(20-33(32-28)24-11-7-4-8-12-24)14-16-27(34)30-17-18-31-29(35)21-9-5-3-6-10-21/h3-16,19-20H,17-18H2,1-2H3,(H,30,34)(H,31,35)/b16-14+. The monoisotopic (exact) mass is 496 g/mol. The zero-order valence-electron chi connectivity index (χ0n) is 20.7. The molecule has 188 valence electrons. The van der Waals surface area contributed by atoms with E-state index < -0.39 is 0 Å². The predicted molar refractivity (Wildman–Crippen MR) is 143 cm³/mol. The highest BCUT2D eigenvalue weighted by atomic mass is 16.5. The van der Waals surface area contributed by atoms with Crippen molar-refractivity contribution in [3.8, 4) is 28.4 Å². The van der Waals surface area contributed by atoms with Crippen molar-refractivity contribution in [2.24, 2.45) is 0 Å². The molecule has 0 spiro atoms. The van der Waals surface area contributed by atoms with Crippen LogP contribution in [0.25, 0.3) is 23.0 Å². The Morgan fingerprint density at radius 1 is 0.865 bits per heavy atom. The number of hydrogen-bond acceptors (Lipinski definition) is 5. The summed E-state index contributed by atoms with van der Waals surface area (Å²) in [6, 6.07) is 24.2. The number of carbonyl (C=O) groups is 2. The van der Waals surface area contributed by atoms with Gasteiger partial charge in [-0.15, -0.1) is 0 Å². The Labute approximate surface area is 215 Å². The third-order valence-electron chi connectivity index (χ3n) is 5.58. The fourth-order valence-electron chi connectivity index (χ4n) is 3.71. The fraction of sp³-hybridized carbons (Fsp3) is 0.138. The Morgan fingerprint density at radius 2 is 1.54 bits per heavy atom. The molecule has 0 aliphatic heterocycles. The molecule has 0 saturated carbocycles. The first kappa shape index (κ1) is 25.2. The van der Waals surface area contributed by atoms with Crippen LogP contribution in [0.15, 0.2) is 91.1 Å². The van der Waals surface area contributed by atoms with Crippen LogP contribution >= 0.6 is 0 Å². The van der Waals surface area contributed by atoms with Crippen molar-refractivity contribution in [1.29, 1.82) is 0 Å². The molecule has 4 aromatic rings. The van der Waals surface area contributed by atoms with Gasteiger partial charge in [0.05, 0.1) is 19.9 Å². The molecule has 1 aromatic heterocycles. The lowest BCUT2D eigenvalue weighted by Gasteiger charge is -2.09. The number of benzene rings is 3. The number of ether oxygens (including phenoxy) is 2. The van der Waals surface area contributed by atoms with Crippen LogP contribution < -0.4 is 20.1 Å². The lowest BCUT2D eigenvalue weighted by atomic mass is 10.1. The van der Waals surface area contributed by atoms with Crippen molar-refractivity contribution in [3.63, 3.8) is 0 Å². The molecule has 0 saturated heterocycles. The normalized spacial score (nSPS) is 10.8. The molecule has 3 aromatic carbocycles. The van der Waals surface area contributed by atoms with Crippen LogP contribution in [0.3, 0.4) is 0 Å². The molecular formula is C29H28N4O4. The first-order valence-electron chi connectivity index (χ1n) is 11.8. The second kappa shape index (κ2) is 12.2. The van der Waals surface area contributed by atoms with Gasteiger partial charge in [0.1, 0.15) is 5.69 Å². The molecule has 0 unspecified atom stereocenters. The second-order valence-corrected chi connectivity index (χ2v) is 8.03. The van der Waals surface area contributed by atoms with E-state index in [4.69, 9.17) is 14.6 Å². The van der Waals surface area contributed by atoms with Gasteiger partial charge in [-0.2, -0.15) is 5.10 Å². The summed E-state index contributed by atoms with van der Waals surface area (Å²) in [5.74, 6) is 0.738. The molecule has 0 radical (unpaired) electrons. The molecule has 37 heavy (non-hydrogen) atoms. The molecule has 0 fully saturated rings. The highest BCUT2D eigenvalue weighted by molar-refractivity contribution is 5.94. The zero-order chi connectivity index (χ0) is 26.0. The largest absolute Gasteiger partial charge is 0.493 e. The molecular weight excluding hydrogens is 468 g/mol. The van der Waals surface area contributed by atoms with Crippen LogP contribution in [0, 0.1) is 0 Å². The number of nitrogens with zero attached hydrogens (tertiary/aromatic N) is 2. The number of aromatic nitrogens is 2. The van der Waals surface area contributed by atoms with E-state index in [0.29, 0.717) is 35.8 Å². The van der Waals surface area contributed by atoms with Gasteiger partial charge in [0.2, 0.25) is 5.91 Å². The molecule has 1 heterocycles. The molecule has 2 amide bonds. The van der Waals surface area contributed by atoms with Crippen molar-refractivity contribution >= 4 is 17.9 Å². The summed E-state index contributed by atoms with van der Waals surface area (Å²) in [6.45, 7) is 0.615. The van der Waals surface area contributed by atoms with Crippen LogP contribution in [0.2, 0.25) is 0 Å². The Hall–Kier alpha value is -4.85. The summed E-state index contributed by atoms with van der Waals surface area (Å²) >= 11 is 0. The number of nitrogens with one attached hydrogen (secondary N) is 2. The summed E-state index contributed by atoms with van der Waals surface area (Å²) in [5.41, 5.74) is 3.72. The van der Waals surface area contributed by atoms with E-state index in [-0.39, 0.29) is 11.8 Å². The molecule has 0 bridgehead atoms. The summed E-state index contributed by atoms with van der Waals surface area (Å²) < 4.78 is 12.6. The molecule has 0 atom stereocenters. The van der Waals surface area contributed by atoms with E-state index in [2.05, 4.69) is 10.6 Å². The van der Waals surface area contributed by atoms with Crippen LogP contribution in [-0.4, -0.2) is 48.9 Å².